The van der Waals surface area contributed by atoms with Gasteiger partial charge in [-0.1, -0.05) is 44.6 Å². The molecule has 4 nitrogen and oxygen atoms in total. The van der Waals surface area contributed by atoms with Crippen molar-refractivity contribution in [1.29, 1.82) is 0 Å². The Labute approximate surface area is 151 Å². The molecule has 1 aromatic rings. The lowest BCUT2D eigenvalue weighted by atomic mass is 9.87. The molecule has 0 aromatic heterocycles. The molecule has 24 heavy (non-hydrogen) atoms. The van der Waals surface area contributed by atoms with E-state index in [0.29, 0.717) is 6.54 Å². The fourth-order valence-electron chi connectivity index (χ4n) is 2.47. The number of rotatable bonds is 5. The number of benzene rings is 1. The first kappa shape index (κ1) is 20.5. The summed E-state index contributed by atoms with van der Waals surface area (Å²) in [5.74, 6) is 0.659. The van der Waals surface area contributed by atoms with E-state index in [1.807, 2.05) is 18.2 Å². The van der Waals surface area contributed by atoms with Gasteiger partial charge in [-0.05, 0) is 43.0 Å². The Kier molecular flexibility index (Phi) is 7.77. The summed E-state index contributed by atoms with van der Waals surface area (Å²) in [6.45, 7) is 10.7. The average molecular weight is 353 g/mol. The van der Waals surface area contributed by atoms with E-state index in [4.69, 9.17) is 4.74 Å². The highest BCUT2D eigenvalue weighted by molar-refractivity contribution is 5.85. The van der Waals surface area contributed by atoms with Gasteiger partial charge in [0.05, 0.1) is 0 Å². The minimum Gasteiger partial charge on any atom is -0.481 e. The largest absolute Gasteiger partial charge is 0.481 e. The van der Waals surface area contributed by atoms with Crippen molar-refractivity contribution in [3.8, 4) is 5.75 Å². The third-order valence-electron chi connectivity index (χ3n) is 4.03. The fourth-order valence-corrected chi connectivity index (χ4v) is 2.47. The van der Waals surface area contributed by atoms with E-state index < -0.39 is 6.10 Å². The van der Waals surface area contributed by atoms with Crippen LogP contribution in [0.15, 0.2) is 35.9 Å². The Morgan fingerprint density at radius 2 is 2.12 bits per heavy atom. The molecule has 0 saturated carbocycles. The first-order valence-corrected chi connectivity index (χ1v) is 8.30. The van der Waals surface area contributed by atoms with Crippen LogP contribution in [0.4, 0.5) is 0 Å². The molecule has 2 rings (SSSR count). The van der Waals surface area contributed by atoms with Gasteiger partial charge in [0.15, 0.2) is 6.10 Å². The van der Waals surface area contributed by atoms with Crippen molar-refractivity contribution < 1.29 is 9.53 Å². The standard InChI is InChI=1S/C19H28N2O2.ClH/c1-14(18(22)21-13-15-8-10-20-11-9-15)23-17-7-5-6-16(12-17)19(2,3)4;/h5-8,12,14,20H,9-11,13H2,1-4H3,(H,21,22);1H. The quantitative estimate of drug-likeness (QED) is 0.800. The molecule has 1 amide bonds. The lowest BCUT2D eigenvalue weighted by Crippen LogP contribution is -2.38. The lowest BCUT2D eigenvalue weighted by Gasteiger charge is -2.21. The highest BCUT2D eigenvalue weighted by atomic mass is 35.5. The Bertz CT molecular complexity index is 579. The van der Waals surface area contributed by atoms with Gasteiger partial charge in [-0.15, -0.1) is 12.4 Å². The fraction of sp³-hybridized carbons (Fsp3) is 0.526. The summed E-state index contributed by atoms with van der Waals surface area (Å²) in [4.78, 5) is 12.2. The molecule has 0 saturated heterocycles. The van der Waals surface area contributed by atoms with Gasteiger partial charge in [0.1, 0.15) is 5.75 Å². The molecule has 5 heteroatoms. The molecule has 1 unspecified atom stereocenters. The number of carbonyl (C=O) groups is 1. The number of hydrogen-bond acceptors (Lipinski definition) is 3. The summed E-state index contributed by atoms with van der Waals surface area (Å²) >= 11 is 0. The van der Waals surface area contributed by atoms with Crippen LogP contribution in [-0.4, -0.2) is 31.6 Å². The van der Waals surface area contributed by atoms with E-state index in [-0.39, 0.29) is 23.7 Å². The van der Waals surface area contributed by atoms with E-state index in [0.717, 1.165) is 25.3 Å². The van der Waals surface area contributed by atoms with Gasteiger partial charge in [0, 0.05) is 13.1 Å². The van der Waals surface area contributed by atoms with Crippen molar-refractivity contribution in [3.05, 3.63) is 41.5 Å². The zero-order chi connectivity index (χ0) is 16.9. The zero-order valence-corrected chi connectivity index (χ0v) is 15.8. The van der Waals surface area contributed by atoms with Crippen LogP contribution in [-0.2, 0) is 10.2 Å². The van der Waals surface area contributed by atoms with Gasteiger partial charge < -0.3 is 15.4 Å². The summed E-state index contributed by atoms with van der Waals surface area (Å²) in [5, 5.41) is 6.22. The molecule has 2 N–H and O–H groups in total. The first-order valence-electron chi connectivity index (χ1n) is 8.30. The zero-order valence-electron chi connectivity index (χ0n) is 15.0. The van der Waals surface area contributed by atoms with Crippen LogP contribution >= 0.6 is 12.4 Å². The second-order valence-electron chi connectivity index (χ2n) is 7.07. The van der Waals surface area contributed by atoms with Crippen LogP contribution in [0.3, 0.4) is 0 Å². The predicted molar refractivity (Wildman–Crippen MR) is 101 cm³/mol. The molecular weight excluding hydrogens is 324 g/mol. The highest BCUT2D eigenvalue weighted by Crippen LogP contribution is 2.26. The Hall–Kier alpha value is -1.52. The van der Waals surface area contributed by atoms with E-state index in [1.54, 1.807) is 6.92 Å². The van der Waals surface area contributed by atoms with E-state index in [2.05, 4.69) is 43.5 Å². The molecule has 0 bridgehead atoms. The van der Waals surface area contributed by atoms with Crippen LogP contribution in [0.5, 0.6) is 5.75 Å². The number of amides is 1. The molecule has 134 valence electrons. The van der Waals surface area contributed by atoms with Gasteiger partial charge in [-0.3, -0.25) is 4.79 Å². The third kappa shape index (κ3) is 6.17. The topological polar surface area (TPSA) is 50.4 Å². The maximum atomic E-state index is 12.2. The monoisotopic (exact) mass is 352 g/mol. The van der Waals surface area contributed by atoms with Gasteiger partial charge in [-0.2, -0.15) is 0 Å². The number of hydrogen-bond donors (Lipinski definition) is 2. The van der Waals surface area contributed by atoms with Gasteiger partial charge >= 0.3 is 0 Å². The SMILES string of the molecule is CC(Oc1cccc(C(C)(C)C)c1)C(=O)NCC1=CCNCC1.Cl. The average Bonchev–Trinajstić information content (AvgIpc) is 2.53. The van der Waals surface area contributed by atoms with Crippen LogP contribution in [0.1, 0.15) is 39.7 Å². The number of nitrogens with one attached hydrogen (secondary N) is 2. The van der Waals surface area contributed by atoms with Gasteiger partial charge in [-0.25, -0.2) is 0 Å². The van der Waals surface area contributed by atoms with Crippen molar-refractivity contribution >= 4 is 18.3 Å². The number of ether oxygens (including phenoxy) is 1. The second kappa shape index (κ2) is 9.09. The number of halogens is 1. The van der Waals surface area contributed by atoms with Crippen LogP contribution < -0.4 is 15.4 Å². The minimum atomic E-state index is -0.507. The molecule has 0 radical (unpaired) electrons. The van der Waals surface area contributed by atoms with Gasteiger partial charge in [0.25, 0.3) is 5.91 Å². The minimum absolute atomic E-state index is 0. The van der Waals surface area contributed by atoms with Crippen LogP contribution in [0.2, 0.25) is 0 Å². The smallest absolute Gasteiger partial charge is 0.261 e. The summed E-state index contributed by atoms with van der Waals surface area (Å²) in [6.07, 6.45) is 2.62. The Morgan fingerprint density at radius 3 is 2.75 bits per heavy atom. The van der Waals surface area contributed by atoms with Crippen molar-refractivity contribution in [2.45, 2.75) is 45.6 Å². The van der Waals surface area contributed by atoms with Crippen LogP contribution in [0, 0.1) is 0 Å². The third-order valence-corrected chi connectivity index (χ3v) is 4.03. The maximum Gasteiger partial charge on any atom is 0.261 e. The molecule has 1 aliphatic rings. The first-order chi connectivity index (χ1) is 10.9. The van der Waals surface area contributed by atoms with Crippen molar-refractivity contribution in [1.82, 2.24) is 10.6 Å². The van der Waals surface area contributed by atoms with E-state index >= 15 is 0 Å². The second-order valence-corrected chi connectivity index (χ2v) is 7.07. The van der Waals surface area contributed by atoms with Gasteiger partial charge in [0.2, 0.25) is 0 Å². The summed E-state index contributed by atoms with van der Waals surface area (Å²) in [5.41, 5.74) is 2.54. The van der Waals surface area contributed by atoms with E-state index in [9.17, 15) is 4.79 Å². The van der Waals surface area contributed by atoms with Crippen molar-refractivity contribution in [2.75, 3.05) is 19.6 Å². The molecule has 1 aliphatic heterocycles. The molecule has 1 atom stereocenters. The van der Waals surface area contributed by atoms with Crippen molar-refractivity contribution in [3.63, 3.8) is 0 Å². The highest BCUT2D eigenvalue weighted by Gasteiger charge is 2.17. The summed E-state index contributed by atoms with van der Waals surface area (Å²) < 4.78 is 5.81. The lowest BCUT2D eigenvalue weighted by molar-refractivity contribution is -0.127. The van der Waals surface area contributed by atoms with E-state index in [1.165, 1.54) is 11.1 Å². The van der Waals surface area contributed by atoms with Crippen LogP contribution in [0.25, 0.3) is 0 Å². The maximum absolute atomic E-state index is 12.2. The van der Waals surface area contributed by atoms with Crippen molar-refractivity contribution in [2.24, 2.45) is 0 Å². The molecule has 0 spiro atoms. The number of carbonyl (C=O) groups excluding carboxylic acids is 1. The summed E-state index contributed by atoms with van der Waals surface area (Å²) in [7, 11) is 0. The predicted octanol–water partition coefficient (Wildman–Crippen LogP) is 3.21. The Morgan fingerprint density at radius 1 is 1.38 bits per heavy atom. The molecule has 1 heterocycles. The molecule has 0 fully saturated rings. The molecule has 1 aromatic carbocycles. The summed E-state index contributed by atoms with van der Waals surface area (Å²) in [6, 6.07) is 7.97. The molecule has 0 aliphatic carbocycles. The molecular formula is C19H29ClN2O2. The Balaban J connectivity index is 0.00000288. The normalized spacial score (nSPS) is 15.8.